The molecule has 0 aliphatic carbocycles. The number of nitrogens with one attached hydrogen (secondary N) is 1. The van der Waals surface area contributed by atoms with E-state index in [1.807, 2.05) is 11.8 Å². The molecule has 3 rings (SSSR count). The van der Waals surface area contributed by atoms with Crippen LogP contribution >= 0.6 is 23.1 Å². The van der Waals surface area contributed by atoms with Crippen molar-refractivity contribution >= 4 is 38.2 Å². The highest BCUT2D eigenvalue weighted by molar-refractivity contribution is 8.00. The third-order valence-corrected chi connectivity index (χ3v) is 5.56. The normalized spacial score (nSPS) is 19.0. The average molecular weight is 319 g/mol. The van der Waals surface area contributed by atoms with Crippen molar-refractivity contribution in [2.75, 3.05) is 25.1 Å². The molecule has 0 aromatic carbocycles. The maximum absolute atomic E-state index is 9.19. The van der Waals surface area contributed by atoms with Gasteiger partial charge in [-0.05, 0) is 0 Å². The molecule has 2 aliphatic rings. The zero-order valence-electron chi connectivity index (χ0n) is 10.1. The molecule has 0 saturated carbocycles. The molecule has 2 aliphatic heterocycles. The van der Waals surface area contributed by atoms with Crippen molar-refractivity contribution in [1.82, 2.24) is 5.32 Å². The second-order valence-electron chi connectivity index (χ2n) is 4.37. The third kappa shape index (κ3) is 2.88. The molecule has 9 heteroatoms. The van der Waals surface area contributed by atoms with E-state index in [4.69, 9.17) is 15.5 Å². The number of hydrogen-bond donors (Lipinski definition) is 3. The molecule has 0 radical (unpaired) electrons. The summed E-state index contributed by atoms with van der Waals surface area (Å²) in [5.41, 5.74) is 7.79. The number of hydrogen-bond acceptors (Lipinski definition) is 7. The van der Waals surface area contributed by atoms with Crippen LogP contribution in [0.15, 0.2) is 0 Å². The predicted octanol–water partition coefficient (Wildman–Crippen LogP) is 0.751. The van der Waals surface area contributed by atoms with Gasteiger partial charge < -0.3 is 11.1 Å². The van der Waals surface area contributed by atoms with Crippen molar-refractivity contribution in [3.8, 4) is 6.07 Å². The van der Waals surface area contributed by atoms with E-state index in [1.165, 1.54) is 10.4 Å². The lowest BCUT2D eigenvalue weighted by Gasteiger charge is -2.39. The summed E-state index contributed by atoms with van der Waals surface area (Å²) in [6.45, 7) is 1.96. The summed E-state index contributed by atoms with van der Waals surface area (Å²) in [6, 6.07) is 2.24. The van der Waals surface area contributed by atoms with E-state index in [0.717, 1.165) is 24.4 Å². The van der Waals surface area contributed by atoms with Crippen molar-refractivity contribution in [3.05, 3.63) is 16.0 Å². The first-order valence-electron chi connectivity index (χ1n) is 5.36. The fourth-order valence-electron chi connectivity index (χ4n) is 2.10. The van der Waals surface area contributed by atoms with Gasteiger partial charge in [0.05, 0.1) is 16.6 Å². The zero-order valence-corrected chi connectivity index (χ0v) is 12.6. The molecule has 0 amide bonds. The molecule has 6 nitrogen and oxygen atoms in total. The summed E-state index contributed by atoms with van der Waals surface area (Å²) < 4.78 is 26.0. The fourth-order valence-corrected chi connectivity index (χ4v) is 4.82. The van der Waals surface area contributed by atoms with E-state index in [2.05, 4.69) is 11.4 Å². The van der Waals surface area contributed by atoms with Gasteiger partial charge in [-0.3, -0.25) is 4.55 Å². The Bertz CT molecular complexity index is 633. The standard InChI is InChI=1S/C9H9N3S2.CH4O3S/c10-1-5-7-6(14-8(5)11)2-13-9(7)3-12-4-9;1-5(2,3)4/h12H,2-4,11H2;1H3,(H,2,3,4). The Morgan fingerprint density at radius 3 is 2.53 bits per heavy atom. The number of anilines is 1. The number of nitriles is 1. The Morgan fingerprint density at radius 2 is 2.11 bits per heavy atom. The summed E-state index contributed by atoms with van der Waals surface area (Å²) in [6.07, 6.45) is 0.715. The molecular weight excluding hydrogens is 306 g/mol. The Hall–Kier alpha value is -0.790. The predicted molar refractivity (Wildman–Crippen MR) is 76.8 cm³/mol. The van der Waals surface area contributed by atoms with Crippen LogP contribution in [0.4, 0.5) is 5.00 Å². The highest BCUT2D eigenvalue weighted by atomic mass is 32.2. The lowest BCUT2D eigenvalue weighted by atomic mass is 9.90. The van der Waals surface area contributed by atoms with Crippen molar-refractivity contribution in [2.45, 2.75) is 10.5 Å². The van der Waals surface area contributed by atoms with Gasteiger partial charge in [0.15, 0.2) is 0 Å². The van der Waals surface area contributed by atoms with Crippen LogP contribution in [-0.4, -0.2) is 32.3 Å². The Morgan fingerprint density at radius 1 is 1.53 bits per heavy atom. The Balaban J connectivity index is 0.000000232. The van der Waals surface area contributed by atoms with E-state index in [0.29, 0.717) is 11.3 Å². The van der Waals surface area contributed by atoms with Crippen LogP contribution in [0, 0.1) is 11.3 Å². The summed E-state index contributed by atoms with van der Waals surface area (Å²) in [4.78, 5) is 1.31. The van der Waals surface area contributed by atoms with Crippen molar-refractivity contribution < 1.29 is 13.0 Å². The smallest absolute Gasteiger partial charge is 0.261 e. The minimum absolute atomic E-state index is 0.175. The zero-order chi connectivity index (χ0) is 14.3. The van der Waals surface area contributed by atoms with Crippen LogP contribution < -0.4 is 11.1 Å². The molecule has 4 N–H and O–H groups in total. The van der Waals surface area contributed by atoms with E-state index >= 15 is 0 Å². The van der Waals surface area contributed by atoms with Crippen molar-refractivity contribution in [2.24, 2.45) is 0 Å². The lowest BCUT2D eigenvalue weighted by Crippen LogP contribution is -2.53. The van der Waals surface area contributed by atoms with Gasteiger partial charge in [0, 0.05) is 29.3 Å². The number of rotatable bonds is 0. The van der Waals surface area contributed by atoms with Gasteiger partial charge in [-0.25, -0.2) is 0 Å². The van der Waals surface area contributed by atoms with Gasteiger partial charge in [-0.1, -0.05) is 0 Å². The lowest BCUT2D eigenvalue weighted by molar-refractivity contribution is 0.408. The Labute approximate surface area is 119 Å². The topological polar surface area (TPSA) is 116 Å². The van der Waals surface area contributed by atoms with Crippen LogP contribution in [-0.2, 0) is 20.6 Å². The molecular formula is C10H13N3O3S3. The van der Waals surface area contributed by atoms with Gasteiger partial charge in [0.25, 0.3) is 10.1 Å². The van der Waals surface area contributed by atoms with Crippen LogP contribution in [0.1, 0.15) is 16.0 Å². The molecule has 1 aromatic rings. The molecule has 3 heterocycles. The number of nitrogens with two attached hydrogens (primary N) is 1. The van der Waals surface area contributed by atoms with Crippen molar-refractivity contribution in [3.63, 3.8) is 0 Å². The molecule has 1 saturated heterocycles. The second kappa shape index (κ2) is 4.96. The number of fused-ring (bicyclic) bond motifs is 2. The van der Waals surface area contributed by atoms with Gasteiger partial charge in [0.2, 0.25) is 0 Å². The first-order chi connectivity index (χ1) is 8.77. The third-order valence-electron chi connectivity index (χ3n) is 2.88. The first kappa shape index (κ1) is 14.6. The average Bonchev–Trinajstić information content (AvgIpc) is 2.69. The number of thioether (sulfide) groups is 1. The van der Waals surface area contributed by atoms with Gasteiger partial charge in [-0.15, -0.1) is 23.1 Å². The van der Waals surface area contributed by atoms with Crippen LogP contribution in [0.25, 0.3) is 0 Å². The minimum Gasteiger partial charge on any atom is -0.389 e. The van der Waals surface area contributed by atoms with Gasteiger partial charge >= 0.3 is 0 Å². The van der Waals surface area contributed by atoms with Crippen molar-refractivity contribution in [1.29, 1.82) is 5.26 Å². The molecule has 0 bridgehead atoms. The van der Waals surface area contributed by atoms with E-state index in [1.54, 1.807) is 11.3 Å². The summed E-state index contributed by atoms with van der Waals surface area (Å²) in [5, 5.41) is 13.0. The Kier molecular flexibility index (Phi) is 3.81. The quantitative estimate of drug-likeness (QED) is 0.604. The highest BCUT2D eigenvalue weighted by Crippen LogP contribution is 2.54. The molecule has 1 spiro atoms. The molecule has 1 aromatic heterocycles. The molecule has 1 fully saturated rings. The highest BCUT2D eigenvalue weighted by Gasteiger charge is 2.48. The van der Waals surface area contributed by atoms with Gasteiger partial charge in [-0.2, -0.15) is 13.7 Å². The van der Waals surface area contributed by atoms with E-state index < -0.39 is 10.1 Å². The largest absolute Gasteiger partial charge is 0.389 e. The summed E-state index contributed by atoms with van der Waals surface area (Å²) >= 11 is 3.53. The minimum atomic E-state index is -3.67. The van der Waals surface area contributed by atoms with E-state index in [9.17, 15) is 8.42 Å². The SMILES string of the molecule is CS(=O)(=O)O.N#Cc1c(N)sc2c1C1(CNC1)SC2. The molecule has 19 heavy (non-hydrogen) atoms. The summed E-state index contributed by atoms with van der Waals surface area (Å²) in [5.74, 6) is 1.02. The number of thiophene rings is 1. The van der Waals surface area contributed by atoms with Crippen LogP contribution in [0.3, 0.4) is 0 Å². The number of nitrogen functional groups attached to an aromatic ring is 1. The van der Waals surface area contributed by atoms with Crippen LogP contribution in [0.2, 0.25) is 0 Å². The molecule has 0 unspecified atom stereocenters. The molecule has 104 valence electrons. The van der Waals surface area contributed by atoms with E-state index in [-0.39, 0.29) is 4.75 Å². The number of nitrogens with zero attached hydrogens (tertiary/aromatic N) is 1. The fraction of sp³-hybridized carbons (Fsp3) is 0.500. The maximum Gasteiger partial charge on any atom is 0.261 e. The molecule has 0 atom stereocenters. The monoisotopic (exact) mass is 319 g/mol. The maximum atomic E-state index is 9.19. The van der Waals surface area contributed by atoms with Crippen LogP contribution in [0.5, 0.6) is 0 Å². The second-order valence-corrected chi connectivity index (χ2v) is 8.33. The summed E-state index contributed by atoms with van der Waals surface area (Å²) in [7, 11) is -3.67. The van der Waals surface area contributed by atoms with Gasteiger partial charge in [0.1, 0.15) is 11.1 Å². The first-order valence-corrected chi connectivity index (χ1v) is 9.01.